The molecule has 0 atom stereocenters. The fraction of sp³-hybridized carbons (Fsp3) is 0.333. The molecule has 1 aromatic heterocycles. The van der Waals surface area contributed by atoms with E-state index >= 15 is 0 Å². The van der Waals surface area contributed by atoms with Gasteiger partial charge in [-0.05, 0) is 74.2 Å². The summed E-state index contributed by atoms with van der Waals surface area (Å²) in [5, 5.41) is 0. The number of hydrogen-bond acceptors (Lipinski definition) is 3. The molecule has 5 nitrogen and oxygen atoms in total. The summed E-state index contributed by atoms with van der Waals surface area (Å²) in [5.74, 6) is 0.336. The molecule has 0 unspecified atom stereocenters. The highest BCUT2D eigenvalue weighted by Gasteiger charge is 2.20. The number of benzene rings is 2. The van der Waals surface area contributed by atoms with Gasteiger partial charge in [-0.1, -0.05) is 34.1 Å². The predicted octanol–water partition coefficient (Wildman–Crippen LogP) is 3.92. The highest BCUT2D eigenvalue weighted by Crippen LogP contribution is 2.26. The van der Waals surface area contributed by atoms with Gasteiger partial charge < -0.3 is 9.88 Å². The number of rotatable bonds is 6. The van der Waals surface area contributed by atoms with Gasteiger partial charge in [-0.25, -0.2) is 13.8 Å². The van der Waals surface area contributed by atoms with Crippen molar-refractivity contribution in [1.29, 1.82) is 0 Å². The van der Waals surface area contributed by atoms with Crippen molar-refractivity contribution < 1.29 is 4.39 Å². The molecule has 0 saturated carbocycles. The zero-order valence-corrected chi connectivity index (χ0v) is 18.8. The van der Waals surface area contributed by atoms with E-state index in [0.29, 0.717) is 23.7 Å². The molecule has 1 aliphatic heterocycles. The molecule has 1 aliphatic rings. The topological polar surface area (TPSA) is 58.1 Å². The molecule has 31 heavy (non-hydrogen) atoms. The molecule has 1 saturated heterocycles. The van der Waals surface area contributed by atoms with Crippen molar-refractivity contribution >= 4 is 15.9 Å². The van der Waals surface area contributed by atoms with Crippen molar-refractivity contribution in [3.63, 3.8) is 0 Å². The third-order valence-electron chi connectivity index (χ3n) is 5.92. The third kappa shape index (κ3) is 5.40. The van der Waals surface area contributed by atoms with Crippen LogP contribution in [0.1, 0.15) is 24.1 Å². The first-order chi connectivity index (χ1) is 15.0. The summed E-state index contributed by atoms with van der Waals surface area (Å²) in [4.78, 5) is 30.1. The molecule has 2 aromatic carbocycles. The van der Waals surface area contributed by atoms with Gasteiger partial charge in [0.2, 0.25) is 0 Å². The van der Waals surface area contributed by atoms with Gasteiger partial charge in [0.25, 0.3) is 5.56 Å². The first kappa shape index (κ1) is 21.7. The van der Waals surface area contributed by atoms with Crippen LogP contribution in [-0.2, 0) is 12.8 Å². The number of para-hydroxylation sites is 1. The fourth-order valence-electron chi connectivity index (χ4n) is 4.20. The van der Waals surface area contributed by atoms with Crippen LogP contribution < -0.4 is 11.2 Å². The van der Waals surface area contributed by atoms with E-state index in [1.807, 2.05) is 6.07 Å². The molecule has 0 amide bonds. The molecule has 1 fully saturated rings. The van der Waals surface area contributed by atoms with Crippen LogP contribution in [0, 0.1) is 11.7 Å². The number of H-pyrrole nitrogens is 1. The van der Waals surface area contributed by atoms with Gasteiger partial charge in [0, 0.05) is 29.2 Å². The van der Waals surface area contributed by atoms with Gasteiger partial charge in [-0.15, -0.1) is 0 Å². The van der Waals surface area contributed by atoms with Crippen LogP contribution in [0.2, 0.25) is 0 Å². The summed E-state index contributed by atoms with van der Waals surface area (Å²) in [6, 6.07) is 15.3. The molecular weight excluding hydrogens is 461 g/mol. The van der Waals surface area contributed by atoms with Crippen LogP contribution in [0.25, 0.3) is 5.69 Å². The Labute approximate surface area is 188 Å². The van der Waals surface area contributed by atoms with Gasteiger partial charge in [0.05, 0.1) is 5.69 Å². The maximum atomic E-state index is 13.5. The van der Waals surface area contributed by atoms with E-state index in [2.05, 4.69) is 25.8 Å². The van der Waals surface area contributed by atoms with Crippen molar-refractivity contribution in [3.8, 4) is 5.69 Å². The summed E-state index contributed by atoms with van der Waals surface area (Å²) in [6.45, 7) is 2.72. The molecule has 2 heterocycles. The van der Waals surface area contributed by atoms with Crippen molar-refractivity contribution in [2.24, 2.45) is 5.92 Å². The molecule has 7 heteroatoms. The lowest BCUT2D eigenvalue weighted by Crippen LogP contribution is -2.37. The second kappa shape index (κ2) is 9.75. The van der Waals surface area contributed by atoms with E-state index < -0.39 is 5.69 Å². The lowest BCUT2D eigenvalue weighted by atomic mass is 9.90. The average molecular weight is 486 g/mol. The second-order valence-electron chi connectivity index (χ2n) is 8.08. The Hall–Kier alpha value is -2.51. The molecule has 4 rings (SSSR count). The first-order valence-electron chi connectivity index (χ1n) is 10.6. The van der Waals surface area contributed by atoms with Crippen LogP contribution in [0.3, 0.4) is 0 Å². The fourth-order valence-corrected chi connectivity index (χ4v) is 4.61. The smallest absolute Gasteiger partial charge is 0.311 e. The predicted molar refractivity (Wildman–Crippen MR) is 123 cm³/mol. The van der Waals surface area contributed by atoms with E-state index in [-0.39, 0.29) is 11.4 Å². The number of piperidine rings is 1. The summed E-state index contributed by atoms with van der Waals surface area (Å²) in [7, 11) is 0. The van der Waals surface area contributed by atoms with Crippen molar-refractivity contribution in [2.45, 2.75) is 25.7 Å². The summed E-state index contributed by atoms with van der Waals surface area (Å²) in [6.07, 6.45) is 3.60. The van der Waals surface area contributed by atoms with Gasteiger partial charge in [-0.3, -0.25) is 4.79 Å². The third-order valence-corrected chi connectivity index (χ3v) is 6.70. The Morgan fingerprint density at radius 3 is 2.48 bits per heavy atom. The number of nitrogens with zero attached hydrogens (tertiary/aromatic N) is 2. The monoisotopic (exact) mass is 485 g/mol. The quantitative estimate of drug-likeness (QED) is 0.575. The first-order valence-corrected chi connectivity index (χ1v) is 11.4. The highest BCUT2D eigenvalue weighted by atomic mass is 79.9. The van der Waals surface area contributed by atoms with Crippen LogP contribution >= 0.6 is 15.9 Å². The Bertz CT molecular complexity index is 1120. The number of halogens is 2. The molecular formula is C24H25BrFN3O2. The summed E-state index contributed by atoms with van der Waals surface area (Å²) < 4.78 is 15.6. The number of nitrogens with one attached hydrogen (secondary N) is 1. The van der Waals surface area contributed by atoms with E-state index in [4.69, 9.17) is 0 Å². The van der Waals surface area contributed by atoms with Gasteiger partial charge >= 0.3 is 5.69 Å². The molecule has 0 spiro atoms. The van der Waals surface area contributed by atoms with Gasteiger partial charge in [0.1, 0.15) is 5.82 Å². The minimum atomic E-state index is -0.409. The maximum absolute atomic E-state index is 13.5. The summed E-state index contributed by atoms with van der Waals surface area (Å²) in [5.41, 5.74) is 1.52. The maximum Gasteiger partial charge on any atom is 0.333 e. The summed E-state index contributed by atoms with van der Waals surface area (Å²) >= 11 is 3.52. The van der Waals surface area contributed by atoms with Gasteiger partial charge in [0.15, 0.2) is 0 Å². The highest BCUT2D eigenvalue weighted by molar-refractivity contribution is 9.10. The second-order valence-corrected chi connectivity index (χ2v) is 8.94. The molecule has 0 radical (unpaired) electrons. The number of aromatic amines is 1. The van der Waals surface area contributed by atoms with E-state index in [1.165, 1.54) is 12.1 Å². The lowest BCUT2D eigenvalue weighted by molar-refractivity contribution is 0.185. The van der Waals surface area contributed by atoms with Crippen LogP contribution in [0.15, 0.2) is 68.7 Å². The Morgan fingerprint density at radius 1 is 1.03 bits per heavy atom. The Morgan fingerprint density at radius 2 is 1.77 bits per heavy atom. The van der Waals surface area contributed by atoms with Crippen LogP contribution in [0.5, 0.6) is 0 Å². The standard InChI is InChI=1S/C24H25BrFN3O2/c25-22-7-6-19(26)15-18(22)14-17-8-11-28(12-9-17)13-10-20-16-23(30)29(24(31)27-20)21-4-2-1-3-5-21/h1-7,15-17H,8-14H2,(H,27,31). The molecule has 0 aliphatic carbocycles. The largest absolute Gasteiger partial charge is 0.333 e. The zero-order chi connectivity index (χ0) is 21.8. The lowest BCUT2D eigenvalue weighted by Gasteiger charge is -2.32. The molecule has 1 N–H and O–H groups in total. The van der Waals surface area contributed by atoms with Crippen molar-refractivity contribution in [1.82, 2.24) is 14.5 Å². The molecule has 3 aromatic rings. The molecule has 0 bridgehead atoms. The Kier molecular flexibility index (Phi) is 6.83. The van der Waals surface area contributed by atoms with E-state index in [0.717, 1.165) is 53.5 Å². The van der Waals surface area contributed by atoms with Gasteiger partial charge in [-0.2, -0.15) is 0 Å². The Balaban J connectivity index is 1.32. The van der Waals surface area contributed by atoms with E-state index in [9.17, 15) is 14.0 Å². The number of likely N-dealkylation sites (tertiary alicyclic amines) is 1. The minimum absolute atomic E-state index is 0.196. The average Bonchev–Trinajstić information content (AvgIpc) is 2.76. The molecule has 162 valence electrons. The zero-order valence-electron chi connectivity index (χ0n) is 17.2. The number of aromatic nitrogens is 2. The van der Waals surface area contributed by atoms with E-state index in [1.54, 1.807) is 36.4 Å². The SMILES string of the molecule is O=c1cc(CCN2CCC(Cc3cc(F)ccc3Br)CC2)[nH]c(=O)n1-c1ccccc1. The van der Waals surface area contributed by atoms with Crippen molar-refractivity contribution in [2.75, 3.05) is 19.6 Å². The number of hydrogen-bond donors (Lipinski definition) is 1. The normalized spacial score (nSPS) is 15.3. The van der Waals surface area contributed by atoms with Crippen LogP contribution in [0.4, 0.5) is 4.39 Å². The minimum Gasteiger partial charge on any atom is -0.311 e. The van der Waals surface area contributed by atoms with Crippen molar-refractivity contribution in [3.05, 3.63) is 97.0 Å². The van der Waals surface area contributed by atoms with Crippen LogP contribution in [-0.4, -0.2) is 34.1 Å².